The number of carbonyl (C=O) groups is 1. The Bertz CT molecular complexity index is 680. The quantitative estimate of drug-likeness (QED) is 0.820. The van der Waals surface area contributed by atoms with E-state index >= 15 is 0 Å². The van der Waals surface area contributed by atoms with Gasteiger partial charge in [0.15, 0.2) is 0 Å². The van der Waals surface area contributed by atoms with Gasteiger partial charge in [0.25, 0.3) is 0 Å². The van der Waals surface area contributed by atoms with Gasteiger partial charge in [-0.05, 0) is 55.9 Å². The SMILES string of the molecule is Cc1ccc(S(=O)(=O)NCCC(=O)N(C)CC2CCCC2)cc1C. The first-order valence-electron chi connectivity index (χ1n) is 8.60. The topological polar surface area (TPSA) is 66.5 Å². The Morgan fingerprint density at radius 2 is 1.88 bits per heavy atom. The van der Waals surface area contributed by atoms with E-state index in [0.717, 1.165) is 17.7 Å². The Labute approximate surface area is 145 Å². The molecule has 1 aliphatic rings. The van der Waals surface area contributed by atoms with E-state index in [1.807, 2.05) is 13.8 Å². The van der Waals surface area contributed by atoms with Crippen LogP contribution in [-0.2, 0) is 14.8 Å². The van der Waals surface area contributed by atoms with E-state index in [1.54, 1.807) is 30.1 Å². The van der Waals surface area contributed by atoms with Crippen LogP contribution < -0.4 is 4.72 Å². The number of amides is 1. The summed E-state index contributed by atoms with van der Waals surface area (Å²) in [6, 6.07) is 5.05. The molecule has 1 fully saturated rings. The van der Waals surface area contributed by atoms with Gasteiger partial charge in [-0.25, -0.2) is 13.1 Å². The fourth-order valence-corrected chi connectivity index (χ4v) is 4.25. The zero-order valence-electron chi connectivity index (χ0n) is 14.8. The van der Waals surface area contributed by atoms with Crippen molar-refractivity contribution >= 4 is 15.9 Å². The fraction of sp³-hybridized carbons (Fsp3) is 0.611. The molecule has 0 bridgehead atoms. The van der Waals surface area contributed by atoms with Crippen LogP contribution in [0.2, 0.25) is 0 Å². The molecule has 0 atom stereocenters. The number of aryl methyl sites for hydroxylation is 2. The summed E-state index contributed by atoms with van der Waals surface area (Å²) >= 11 is 0. The second-order valence-electron chi connectivity index (χ2n) is 6.82. The van der Waals surface area contributed by atoms with Gasteiger partial charge in [0.2, 0.25) is 15.9 Å². The molecule has 0 radical (unpaired) electrons. The highest BCUT2D eigenvalue weighted by Crippen LogP contribution is 2.25. The molecular formula is C18H28N2O3S. The fourth-order valence-electron chi connectivity index (χ4n) is 3.13. The van der Waals surface area contributed by atoms with Crippen molar-refractivity contribution in [2.45, 2.75) is 50.8 Å². The molecule has 0 spiro atoms. The summed E-state index contributed by atoms with van der Waals surface area (Å²) < 4.78 is 27.1. The summed E-state index contributed by atoms with van der Waals surface area (Å²) in [5.74, 6) is 0.593. The van der Waals surface area contributed by atoms with Crippen molar-refractivity contribution in [1.82, 2.24) is 9.62 Å². The van der Waals surface area contributed by atoms with Crippen molar-refractivity contribution in [1.29, 1.82) is 0 Å². The first-order chi connectivity index (χ1) is 11.3. The van der Waals surface area contributed by atoms with E-state index in [4.69, 9.17) is 0 Å². The van der Waals surface area contributed by atoms with Crippen molar-refractivity contribution in [3.8, 4) is 0 Å². The molecule has 0 heterocycles. The molecule has 6 heteroatoms. The van der Waals surface area contributed by atoms with Gasteiger partial charge in [0, 0.05) is 26.6 Å². The molecule has 0 aliphatic heterocycles. The molecule has 1 saturated carbocycles. The minimum absolute atomic E-state index is 0.00955. The molecule has 0 unspecified atom stereocenters. The summed E-state index contributed by atoms with van der Waals surface area (Å²) in [6.45, 7) is 4.74. The van der Waals surface area contributed by atoms with Crippen LogP contribution in [0.25, 0.3) is 0 Å². The third kappa shape index (κ3) is 5.05. The predicted molar refractivity (Wildman–Crippen MR) is 95.3 cm³/mol. The predicted octanol–water partition coefficient (Wildman–Crippen LogP) is 2.62. The highest BCUT2D eigenvalue weighted by molar-refractivity contribution is 7.89. The van der Waals surface area contributed by atoms with Gasteiger partial charge in [-0.3, -0.25) is 4.79 Å². The van der Waals surface area contributed by atoms with Crippen LogP contribution in [0.4, 0.5) is 0 Å². The number of carbonyl (C=O) groups excluding carboxylic acids is 1. The summed E-state index contributed by atoms with van der Waals surface area (Å²) in [5, 5.41) is 0. The Balaban J connectivity index is 1.83. The Morgan fingerprint density at radius 3 is 2.50 bits per heavy atom. The van der Waals surface area contributed by atoms with Crippen LogP contribution in [0.3, 0.4) is 0 Å². The molecule has 1 amide bonds. The van der Waals surface area contributed by atoms with E-state index in [9.17, 15) is 13.2 Å². The van der Waals surface area contributed by atoms with Crippen molar-refractivity contribution in [3.05, 3.63) is 29.3 Å². The number of rotatable bonds is 7. The lowest BCUT2D eigenvalue weighted by Crippen LogP contribution is -2.34. The number of nitrogens with zero attached hydrogens (tertiary/aromatic N) is 1. The lowest BCUT2D eigenvalue weighted by atomic mass is 10.1. The number of nitrogens with one attached hydrogen (secondary N) is 1. The second kappa shape index (κ2) is 8.12. The molecule has 2 rings (SSSR count). The molecule has 1 N–H and O–H groups in total. The Morgan fingerprint density at radius 1 is 1.21 bits per heavy atom. The van der Waals surface area contributed by atoms with Crippen molar-refractivity contribution in [2.24, 2.45) is 5.92 Å². The van der Waals surface area contributed by atoms with Crippen molar-refractivity contribution < 1.29 is 13.2 Å². The van der Waals surface area contributed by atoms with Crippen LogP contribution in [-0.4, -0.2) is 39.4 Å². The minimum Gasteiger partial charge on any atom is -0.345 e. The molecule has 1 aromatic rings. The molecule has 5 nitrogen and oxygen atoms in total. The van der Waals surface area contributed by atoms with E-state index in [-0.39, 0.29) is 23.8 Å². The molecular weight excluding hydrogens is 324 g/mol. The first kappa shape index (κ1) is 18.9. The van der Waals surface area contributed by atoms with Crippen LogP contribution in [0, 0.1) is 19.8 Å². The van der Waals surface area contributed by atoms with Crippen LogP contribution in [0.15, 0.2) is 23.1 Å². The van der Waals surface area contributed by atoms with E-state index < -0.39 is 10.0 Å². The van der Waals surface area contributed by atoms with Crippen molar-refractivity contribution in [2.75, 3.05) is 20.1 Å². The summed E-state index contributed by atoms with van der Waals surface area (Å²) in [7, 11) is -1.76. The number of benzene rings is 1. The van der Waals surface area contributed by atoms with Gasteiger partial charge < -0.3 is 4.90 Å². The van der Waals surface area contributed by atoms with Gasteiger partial charge in [0.1, 0.15) is 0 Å². The van der Waals surface area contributed by atoms with Gasteiger partial charge in [-0.2, -0.15) is 0 Å². The normalized spacial score (nSPS) is 15.6. The largest absolute Gasteiger partial charge is 0.345 e. The average molecular weight is 353 g/mol. The number of hydrogen-bond donors (Lipinski definition) is 1. The van der Waals surface area contributed by atoms with Crippen LogP contribution in [0.5, 0.6) is 0 Å². The van der Waals surface area contributed by atoms with Crippen LogP contribution in [0.1, 0.15) is 43.2 Å². The lowest BCUT2D eigenvalue weighted by Gasteiger charge is -2.21. The van der Waals surface area contributed by atoms with Gasteiger partial charge in [-0.1, -0.05) is 18.9 Å². The lowest BCUT2D eigenvalue weighted by molar-refractivity contribution is -0.130. The minimum atomic E-state index is -3.56. The number of hydrogen-bond acceptors (Lipinski definition) is 3. The van der Waals surface area contributed by atoms with Crippen molar-refractivity contribution in [3.63, 3.8) is 0 Å². The maximum atomic E-state index is 12.3. The molecule has 134 valence electrons. The highest BCUT2D eigenvalue weighted by atomic mass is 32.2. The summed E-state index contributed by atoms with van der Waals surface area (Å²) in [6.07, 6.45) is 5.08. The molecule has 24 heavy (non-hydrogen) atoms. The van der Waals surface area contributed by atoms with Gasteiger partial charge in [-0.15, -0.1) is 0 Å². The average Bonchev–Trinajstić information content (AvgIpc) is 3.02. The zero-order chi connectivity index (χ0) is 17.7. The molecule has 1 aliphatic carbocycles. The molecule has 0 saturated heterocycles. The summed E-state index contributed by atoms with van der Waals surface area (Å²) in [5.41, 5.74) is 1.99. The monoisotopic (exact) mass is 352 g/mol. The van der Waals surface area contributed by atoms with Gasteiger partial charge in [0.05, 0.1) is 4.90 Å². The second-order valence-corrected chi connectivity index (χ2v) is 8.59. The van der Waals surface area contributed by atoms with Crippen LogP contribution >= 0.6 is 0 Å². The standard InChI is InChI=1S/C18H28N2O3S/c1-14-8-9-17(12-15(14)2)24(22,23)19-11-10-18(21)20(3)13-16-6-4-5-7-16/h8-9,12,16,19H,4-7,10-11,13H2,1-3H3. The molecule has 1 aromatic carbocycles. The number of sulfonamides is 1. The third-order valence-electron chi connectivity index (χ3n) is 4.85. The first-order valence-corrected chi connectivity index (χ1v) is 10.1. The smallest absolute Gasteiger partial charge is 0.240 e. The van der Waals surface area contributed by atoms with E-state index in [1.165, 1.54) is 25.7 Å². The third-order valence-corrected chi connectivity index (χ3v) is 6.31. The van der Waals surface area contributed by atoms with E-state index in [2.05, 4.69) is 4.72 Å². The molecule has 0 aromatic heterocycles. The maximum Gasteiger partial charge on any atom is 0.240 e. The summed E-state index contributed by atoms with van der Waals surface area (Å²) in [4.78, 5) is 14.1. The Hall–Kier alpha value is -1.40. The van der Waals surface area contributed by atoms with Gasteiger partial charge >= 0.3 is 0 Å². The highest BCUT2D eigenvalue weighted by Gasteiger charge is 2.20. The maximum absolute atomic E-state index is 12.3. The van der Waals surface area contributed by atoms with E-state index in [0.29, 0.717) is 5.92 Å². The zero-order valence-corrected chi connectivity index (χ0v) is 15.7. The Kier molecular flexibility index (Phi) is 6.40.